The Morgan fingerprint density at radius 1 is 1.04 bits per heavy atom. The van der Waals surface area contributed by atoms with Gasteiger partial charge in [-0.1, -0.05) is 0 Å². The van der Waals surface area contributed by atoms with Crippen LogP contribution >= 0.6 is 31.9 Å². The lowest BCUT2D eigenvalue weighted by Gasteiger charge is -2.39. The van der Waals surface area contributed by atoms with Crippen molar-refractivity contribution in [3.63, 3.8) is 0 Å². The van der Waals surface area contributed by atoms with Crippen LogP contribution in [0.4, 0.5) is 0 Å². The molecule has 1 aromatic rings. The summed E-state index contributed by atoms with van der Waals surface area (Å²) < 4.78 is 11.7. The summed E-state index contributed by atoms with van der Waals surface area (Å²) in [7, 11) is 0. The summed E-state index contributed by atoms with van der Waals surface area (Å²) in [6.07, 6.45) is -5.94. The van der Waals surface area contributed by atoms with Gasteiger partial charge in [-0.05, 0) is 56.0 Å². The first-order chi connectivity index (χ1) is 10.8. The normalized spacial score (nSPS) is 31.3. The molecule has 0 radical (unpaired) electrons. The van der Waals surface area contributed by atoms with E-state index >= 15 is 0 Å². The third-order valence-corrected chi connectivity index (χ3v) is 4.81. The molecule has 0 spiro atoms. The number of benzene rings is 1. The van der Waals surface area contributed by atoms with E-state index in [1.165, 1.54) is 0 Å². The molecule has 5 atom stereocenters. The average molecular weight is 458 g/mol. The minimum atomic E-state index is -1.46. The Bertz CT molecular complexity index is 517. The molecule has 0 bridgehead atoms. The minimum Gasteiger partial charge on any atom is -0.506 e. The molecule has 5 N–H and O–H groups in total. The van der Waals surface area contributed by atoms with Crippen molar-refractivity contribution in [3.05, 3.63) is 26.6 Å². The Hall–Kier alpha value is -0.260. The van der Waals surface area contributed by atoms with Crippen LogP contribution in [0.5, 0.6) is 5.75 Å². The van der Waals surface area contributed by atoms with E-state index in [-0.39, 0.29) is 12.4 Å². The lowest BCUT2D eigenvalue weighted by molar-refractivity contribution is -0.300. The number of ether oxygens (including phenoxy) is 2. The zero-order valence-corrected chi connectivity index (χ0v) is 15.1. The SMILES string of the molecule is OC[C@H]1O[C@@H](OCCc2cc(Br)c(O)c(Br)c2)[C@H](O)[C@@H](O)[C@@H]1O. The van der Waals surface area contributed by atoms with E-state index in [1.54, 1.807) is 12.1 Å². The summed E-state index contributed by atoms with van der Waals surface area (Å²) in [6.45, 7) is -0.324. The fourth-order valence-electron chi connectivity index (χ4n) is 2.26. The highest BCUT2D eigenvalue weighted by Crippen LogP contribution is 2.33. The molecule has 0 aliphatic carbocycles. The second-order valence-electron chi connectivity index (χ2n) is 5.23. The Balaban J connectivity index is 1.93. The van der Waals surface area contributed by atoms with E-state index in [4.69, 9.17) is 14.6 Å². The first-order valence-electron chi connectivity index (χ1n) is 6.94. The van der Waals surface area contributed by atoms with E-state index in [2.05, 4.69) is 31.9 Å². The van der Waals surface area contributed by atoms with Crippen LogP contribution in [-0.4, -0.2) is 69.5 Å². The Morgan fingerprint density at radius 2 is 1.65 bits per heavy atom. The van der Waals surface area contributed by atoms with Crippen LogP contribution in [0.3, 0.4) is 0 Å². The highest BCUT2D eigenvalue weighted by Gasteiger charge is 2.43. The van der Waals surface area contributed by atoms with Gasteiger partial charge < -0.3 is 35.0 Å². The second-order valence-corrected chi connectivity index (χ2v) is 6.93. The Labute approximate surface area is 149 Å². The number of halogens is 2. The van der Waals surface area contributed by atoms with Crippen LogP contribution < -0.4 is 0 Å². The molecule has 130 valence electrons. The first kappa shape index (κ1) is 19.1. The summed E-state index contributed by atoms with van der Waals surface area (Å²) in [5, 5.41) is 48.0. The number of phenolic OH excluding ortho intramolecular Hbond substituents is 1. The molecule has 1 heterocycles. The third-order valence-electron chi connectivity index (χ3n) is 3.60. The fourth-order valence-corrected chi connectivity index (χ4v) is 3.54. The molecule has 7 nitrogen and oxygen atoms in total. The van der Waals surface area contributed by atoms with Crippen molar-refractivity contribution in [2.24, 2.45) is 0 Å². The number of aliphatic hydroxyl groups excluding tert-OH is 4. The van der Waals surface area contributed by atoms with Crippen LogP contribution in [0.25, 0.3) is 0 Å². The monoisotopic (exact) mass is 456 g/mol. The summed E-state index contributed by atoms with van der Waals surface area (Å²) in [5.74, 6) is 0.101. The van der Waals surface area contributed by atoms with Crippen molar-refractivity contribution in [2.45, 2.75) is 37.1 Å². The molecule has 23 heavy (non-hydrogen) atoms. The van der Waals surface area contributed by atoms with Gasteiger partial charge in [-0.25, -0.2) is 0 Å². The zero-order chi connectivity index (χ0) is 17.1. The largest absolute Gasteiger partial charge is 0.506 e. The van der Waals surface area contributed by atoms with Gasteiger partial charge in [0.15, 0.2) is 6.29 Å². The quantitative estimate of drug-likeness (QED) is 0.430. The maximum absolute atomic E-state index is 9.85. The predicted molar refractivity (Wildman–Crippen MR) is 86.9 cm³/mol. The highest BCUT2D eigenvalue weighted by atomic mass is 79.9. The van der Waals surface area contributed by atoms with Gasteiger partial charge in [0, 0.05) is 0 Å². The van der Waals surface area contributed by atoms with Crippen LogP contribution in [0.1, 0.15) is 5.56 Å². The van der Waals surface area contributed by atoms with Gasteiger partial charge in [-0.3, -0.25) is 0 Å². The van der Waals surface area contributed by atoms with Crippen molar-refractivity contribution in [1.29, 1.82) is 0 Å². The molecule has 1 fully saturated rings. The number of phenols is 1. The van der Waals surface area contributed by atoms with Crippen molar-refractivity contribution in [2.75, 3.05) is 13.2 Å². The van der Waals surface area contributed by atoms with Crippen molar-refractivity contribution in [3.8, 4) is 5.75 Å². The molecule has 2 rings (SSSR count). The van der Waals surface area contributed by atoms with Gasteiger partial charge >= 0.3 is 0 Å². The van der Waals surface area contributed by atoms with Crippen LogP contribution in [0.15, 0.2) is 21.1 Å². The number of aromatic hydroxyl groups is 1. The Kier molecular flexibility index (Phi) is 6.81. The second kappa shape index (κ2) is 8.21. The van der Waals surface area contributed by atoms with Gasteiger partial charge in [0.1, 0.15) is 30.2 Å². The molecule has 1 aliphatic heterocycles. The molecular weight excluding hydrogens is 440 g/mol. The molecule has 0 amide bonds. The molecule has 1 aliphatic rings. The topological polar surface area (TPSA) is 120 Å². The third kappa shape index (κ3) is 4.43. The summed E-state index contributed by atoms with van der Waals surface area (Å²) >= 11 is 6.46. The standard InChI is InChI=1S/C14H18Br2O7/c15-7-3-6(4-8(16)10(7)18)1-2-22-14-13(21)12(20)11(19)9(5-17)23-14/h3-4,9,11-14,17-21H,1-2,5H2/t9-,11-,12+,13-,14-/m1/s1. The number of hydrogen-bond donors (Lipinski definition) is 5. The fraction of sp³-hybridized carbons (Fsp3) is 0.571. The van der Waals surface area contributed by atoms with Crippen LogP contribution in [-0.2, 0) is 15.9 Å². The number of aliphatic hydroxyl groups is 4. The van der Waals surface area contributed by atoms with Crippen molar-refractivity contribution >= 4 is 31.9 Å². The molecule has 1 saturated heterocycles. The maximum atomic E-state index is 9.85. The van der Waals surface area contributed by atoms with E-state index in [9.17, 15) is 20.4 Å². The lowest BCUT2D eigenvalue weighted by Crippen LogP contribution is -2.59. The Morgan fingerprint density at radius 3 is 2.22 bits per heavy atom. The molecular formula is C14H18Br2O7. The van der Waals surface area contributed by atoms with Gasteiger partial charge in [0.05, 0.1) is 22.2 Å². The molecule has 1 aromatic carbocycles. The number of hydrogen-bond acceptors (Lipinski definition) is 7. The van der Waals surface area contributed by atoms with E-state index in [1.807, 2.05) is 0 Å². The zero-order valence-electron chi connectivity index (χ0n) is 12.0. The number of rotatable bonds is 5. The summed E-state index contributed by atoms with van der Waals surface area (Å²) in [5.41, 5.74) is 0.867. The van der Waals surface area contributed by atoms with Crippen LogP contribution in [0.2, 0.25) is 0 Å². The first-order valence-corrected chi connectivity index (χ1v) is 8.52. The molecule has 0 aromatic heterocycles. The molecule has 0 saturated carbocycles. The predicted octanol–water partition coefficient (Wildman–Crippen LogP) is 0.276. The lowest BCUT2D eigenvalue weighted by atomic mass is 9.99. The highest BCUT2D eigenvalue weighted by molar-refractivity contribution is 9.11. The smallest absolute Gasteiger partial charge is 0.186 e. The summed E-state index contributed by atoms with van der Waals surface area (Å²) in [4.78, 5) is 0. The van der Waals surface area contributed by atoms with Crippen molar-refractivity contribution < 1.29 is 35.0 Å². The summed E-state index contributed by atoms with van der Waals surface area (Å²) in [6, 6.07) is 3.47. The van der Waals surface area contributed by atoms with Crippen LogP contribution in [0, 0.1) is 0 Å². The average Bonchev–Trinajstić information content (AvgIpc) is 2.52. The van der Waals surface area contributed by atoms with Crippen molar-refractivity contribution in [1.82, 2.24) is 0 Å². The van der Waals surface area contributed by atoms with E-state index < -0.39 is 37.3 Å². The maximum Gasteiger partial charge on any atom is 0.186 e. The minimum absolute atomic E-state index is 0.101. The van der Waals surface area contributed by atoms with Gasteiger partial charge in [0.2, 0.25) is 0 Å². The molecule has 0 unspecified atom stereocenters. The van der Waals surface area contributed by atoms with Gasteiger partial charge in [-0.2, -0.15) is 0 Å². The van der Waals surface area contributed by atoms with E-state index in [0.29, 0.717) is 15.4 Å². The van der Waals surface area contributed by atoms with Gasteiger partial charge in [-0.15, -0.1) is 0 Å². The molecule has 9 heteroatoms. The van der Waals surface area contributed by atoms with Gasteiger partial charge in [0.25, 0.3) is 0 Å². The van der Waals surface area contributed by atoms with E-state index in [0.717, 1.165) is 5.56 Å².